The Morgan fingerprint density at radius 3 is 2.72 bits per heavy atom. The molecule has 18 heavy (non-hydrogen) atoms. The van der Waals surface area contributed by atoms with E-state index in [2.05, 4.69) is 57.3 Å². The van der Waals surface area contributed by atoms with E-state index in [0.29, 0.717) is 0 Å². The molecule has 0 saturated heterocycles. The van der Waals surface area contributed by atoms with Gasteiger partial charge in [-0.05, 0) is 44.6 Å². The van der Waals surface area contributed by atoms with Gasteiger partial charge in [-0.25, -0.2) is 0 Å². The van der Waals surface area contributed by atoms with Crippen LogP contribution in [0.25, 0.3) is 11.0 Å². The molecule has 0 aliphatic rings. The number of nitrogens with one attached hydrogen (secondary N) is 1. The Hall–Kier alpha value is -1.28. The molecular formula is C16H23NO. The summed E-state index contributed by atoms with van der Waals surface area (Å²) in [5, 5.41) is 4.59. The molecule has 0 amide bonds. The first-order chi connectivity index (χ1) is 8.53. The molecule has 1 aromatic heterocycles. The van der Waals surface area contributed by atoms with Crippen LogP contribution >= 0.6 is 0 Å². The number of furan rings is 1. The first-order valence-electron chi connectivity index (χ1n) is 6.74. The van der Waals surface area contributed by atoms with Gasteiger partial charge in [0.2, 0.25) is 0 Å². The molecule has 0 atom stereocenters. The Morgan fingerprint density at radius 1 is 1.22 bits per heavy atom. The lowest BCUT2D eigenvalue weighted by atomic mass is 9.86. The third-order valence-electron chi connectivity index (χ3n) is 3.52. The largest absolute Gasteiger partial charge is 0.461 e. The normalized spacial score (nSPS) is 12.2. The predicted octanol–water partition coefficient (Wildman–Crippen LogP) is 4.02. The van der Waals surface area contributed by atoms with Crippen LogP contribution in [-0.2, 0) is 5.41 Å². The topological polar surface area (TPSA) is 25.2 Å². The third kappa shape index (κ3) is 2.75. The molecule has 0 unspecified atom stereocenters. The highest BCUT2D eigenvalue weighted by Crippen LogP contribution is 2.32. The van der Waals surface area contributed by atoms with Crippen LogP contribution in [0.4, 0.5) is 0 Å². The van der Waals surface area contributed by atoms with Crippen LogP contribution in [0.3, 0.4) is 0 Å². The summed E-state index contributed by atoms with van der Waals surface area (Å²) in [5.74, 6) is 1.08. The highest BCUT2D eigenvalue weighted by atomic mass is 16.3. The Morgan fingerprint density at radius 2 is 2.00 bits per heavy atom. The second kappa shape index (κ2) is 5.15. The van der Waals surface area contributed by atoms with Gasteiger partial charge in [-0.2, -0.15) is 0 Å². The molecule has 2 heteroatoms. The van der Waals surface area contributed by atoms with Crippen LogP contribution in [0.5, 0.6) is 0 Å². The number of fused-ring (bicyclic) bond motifs is 1. The van der Waals surface area contributed by atoms with E-state index < -0.39 is 0 Å². The second-order valence-corrected chi connectivity index (χ2v) is 5.64. The first-order valence-corrected chi connectivity index (χ1v) is 6.74. The van der Waals surface area contributed by atoms with Crippen LogP contribution in [-0.4, -0.2) is 13.1 Å². The smallest absolute Gasteiger partial charge is 0.134 e. The maximum Gasteiger partial charge on any atom is 0.134 e. The highest BCUT2D eigenvalue weighted by molar-refractivity contribution is 5.78. The van der Waals surface area contributed by atoms with E-state index in [0.717, 1.165) is 30.9 Å². The fraction of sp³-hybridized carbons (Fsp3) is 0.500. The van der Waals surface area contributed by atoms with Crippen molar-refractivity contribution in [3.8, 4) is 0 Å². The van der Waals surface area contributed by atoms with Crippen LogP contribution < -0.4 is 5.32 Å². The van der Waals surface area contributed by atoms with E-state index in [4.69, 9.17) is 4.42 Å². The van der Waals surface area contributed by atoms with E-state index in [1.807, 2.05) is 0 Å². The van der Waals surface area contributed by atoms with Crippen molar-refractivity contribution in [2.24, 2.45) is 0 Å². The Bertz CT molecular complexity index is 525. The van der Waals surface area contributed by atoms with Crippen molar-refractivity contribution < 1.29 is 4.42 Å². The summed E-state index contributed by atoms with van der Waals surface area (Å²) in [4.78, 5) is 0. The summed E-state index contributed by atoms with van der Waals surface area (Å²) >= 11 is 0. The Kier molecular flexibility index (Phi) is 3.76. The monoisotopic (exact) mass is 245 g/mol. The number of rotatable bonds is 5. The molecule has 2 aromatic rings. The van der Waals surface area contributed by atoms with E-state index in [-0.39, 0.29) is 5.41 Å². The van der Waals surface area contributed by atoms with Crippen molar-refractivity contribution in [2.75, 3.05) is 13.1 Å². The van der Waals surface area contributed by atoms with Crippen molar-refractivity contribution in [3.63, 3.8) is 0 Å². The van der Waals surface area contributed by atoms with Gasteiger partial charge in [-0.3, -0.25) is 0 Å². The number of benzene rings is 1. The minimum Gasteiger partial charge on any atom is -0.461 e. The zero-order chi connectivity index (χ0) is 13.2. The van der Waals surface area contributed by atoms with Gasteiger partial charge >= 0.3 is 0 Å². The molecule has 0 aliphatic carbocycles. The third-order valence-corrected chi connectivity index (χ3v) is 3.52. The van der Waals surface area contributed by atoms with Gasteiger partial charge in [-0.1, -0.05) is 32.4 Å². The molecule has 98 valence electrons. The number of hydrogen-bond donors (Lipinski definition) is 1. The molecule has 1 aromatic carbocycles. The van der Waals surface area contributed by atoms with Gasteiger partial charge in [0.15, 0.2) is 0 Å². The molecule has 0 fully saturated rings. The lowest BCUT2D eigenvalue weighted by molar-refractivity contribution is 0.372. The fourth-order valence-corrected chi connectivity index (χ4v) is 2.20. The van der Waals surface area contributed by atoms with Gasteiger partial charge in [0.25, 0.3) is 0 Å². The summed E-state index contributed by atoms with van der Waals surface area (Å²) in [6.07, 6.45) is 1.08. The van der Waals surface area contributed by atoms with Gasteiger partial charge < -0.3 is 9.73 Å². The molecular weight excluding hydrogens is 222 g/mol. The standard InChI is InChI=1S/C16H23NO/c1-5-17-9-8-16(3,4)15-11-13-10-12(2)6-7-14(13)18-15/h6-7,10-11,17H,5,8-9H2,1-4H3. The van der Waals surface area contributed by atoms with Gasteiger partial charge in [0.05, 0.1) is 0 Å². The average molecular weight is 245 g/mol. The lowest BCUT2D eigenvalue weighted by Gasteiger charge is -2.21. The molecule has 2 nitrogen and oxygen atoms in total. The molecule has 0 bridgehead atoms. The molecule has 1 heterocycles. The number of hydrogen-bond acceptors (Lipinski definition) is 2. The molecule has 1 N–H and O–H groups in total. The summed E-state index contributed by atoms with van der Waals surface area (Å²) in [5.41, 5.74) is 2.35. The highest BCUT2D eigenvalue weighted by Gasteiger charge is 2.24. The zero-order valence-corrected chi connectivity index (χ0v) is 11.8. The predicted molar refractivity (Wildman–Crippen MR) is 77.1 cm³/mol. The summed E-state index contributed by atoms with van der Waals surface area (Å²) in [7, 11) is 0. The van der Waals surface area contributed by atoms with Gasteiger partial charge in [-0.15, -0.1) is 0 Å². The maximum absolute atomic E-state index is 5.99. The molecule has 0 radical (unpaired) electrons. The lowest BCUT2D eigenvalue weighted by Crippen LogP contribution is -2.24. The first kappa shape index (κ1) is 13.2. The van der Waals surface area contributed by atoms with E-state index >= 15 is 0 Å². The van der Waals surface area contributed by atoms with Gasteiger partial charge in [0.1, 0.15) is 11.3 Å². The Balaban J connectivity index is 2.24. The fourth-order valence-electron chi connectivity index (χ4n) is 2.20. The number of aryl methyl sites for hydroxylation is 1. The van der Waals surface area contributed by atoms with Crippen LogP contribution in [0.2, 0.25) is 0 Å². The molecule has 2 rings (SSSR count). The van der Waals surface area contributed by atoms with Crippen molar-refractivity contribution >= 4 is 11.0 Å². The quantitative estimate of drug-likeness (QED) is 0.805. The van der Waals surface area contributed by atoms with Crippen molar-refractivity contribution in [3.05, 3.63) is 35.6 Å². The van der Waals surface area contributed by atoms with Crippen molar-refractivity contribution in [2.45, 2.75) is 39.5 Å². The van der Waals surface area contributed by atoms with Crippen molar-refractivity contribution in [1.82, 2.24) is 5.32 Å². The molecule has 0 aliphatic heterocycles. The zero-order valence-electron chi connectivity index (χ0n) is 11.8. The van der Waals surface area contributed by atoms with E-state index in [1.165, 1.54) is 10.9 Å². The van der Waals surface area contributed by atoms with Crippen LogP contribution in [0, 0.1) is 6.92 Å². The second-order valence-electron chi connectivity index (χ2n) is 5.64. The maximum atomic E-state index is 5.99. The van der Waals surface area contributed by atoms with Crippen LogP contribution in [0.15, 0.2) is 28.7 Å². The summed E-state index contributed by atoms with van der Waals surface area (Å²) in [6.45, 7) is 10.8. The SMILES string of the molecule is CCNCCC(C)(C)c1cc2cc(C)ccc2o1. The van der Waals surface area contributed by atoms with Crippen LogP contribution in [0.1, 0.15) is 38.5 Å². The summed E-state index contributed by atoms with van der Waals surface area (Å²) < 4.78 is 5.99. The van der Waals surface area contributed by atoms with Gasteiger partial charge in [0, 0.05) is 10.8 Å². The average Bonchev–Trinajstić information content (AvgIpc) is 2.72. The Labute approximate surface area is 109 Å². The van der Waals surface area contributed by atoms with Crippen molar-refractivity contribution in [1.29, 1.82) is 0 Å². The minimum absolute atomic E-state index is 0.0785. The van der Waals surface area contributed by atoms with E-state index in [1.54, 1.807) is 0 Å². The molecule has 0 spiro atoms. The van der Waals surface area contributed by atoms with E-state index in [9.17, 15) is 0 Å². The molecule has 0 saturated carbocycles. The minimum atomic E-state index is 0.0785. The summed E-state index contributed by atoms with van der Waals surface area (Å²) in [6, 6.07) is 8.53.